The first-order valence-corrected chi connectivity index (χ1v) is 11.8. The second-order valence-electron chi connectivity index (χ2n) is 6.72. The Morgan fingerprint density at radius 1 is 1.04 bits per heavy atom. The smallest absolute Gasteiger partial charge is 0.230 e. The summed E-state index contributed by atoms with van der Waals surface area (Å²) in [5, 5.41) is 14.2. The quantitative estimate of drug-likeness (QED) is 0.647. The lowest BCUT2D eigenvalue weighted by Gasteiger charge is -2.11. The molecule has 1 atom stereocenters. The number of carbonyl (C=O) groups excluding carboxylic acids is 1. The maximum absolute atomic E-state index is 12.2. The molecule has 0 saturated carbocycles. The highest BCUT2D eigenvalue weighted by Gasteiger charge is 2.28. The number of amides is 1. The van der Waals surface area contributed by atoms with Gasteiger partial charge in [-0.15, -0.1) is 10.2 Å². The van der Waals surface area contributed by atoms with Crippen LogP contribution in [-0.2, 0) is 14.6 Å². The zero-order valence-electron chi connectivity index (χ0n) is 15.0. The molecule has 1 aliphatic heterocycles. The summed E-state index contributed by atoms with van der Waals surface area (Å²) in [6, 6.07) is 17.4. The lowest BCUT2D eigenvalue weighted by atomic mass is 10.1. The van der Waals surface area contributed by atoms with Gasteiger partial charge >= 0.3 is 0 Å². The van der Waals surface area contributed by atoms with E-state index in [9.17, 15) is 13.2 Å². The van der Waals surface area contributed by atoms with Crippen LogP contribution in [0.25, 0.3) is 22.0 Å². The average Bonchev–Trinajstić information content (AvgIpc) is 3.05. The molecule has 1 N–H and O–H groups in total. The Labute approximate surface area is 167 Å². The van der Waals surface area contributed by atoms with Gasteiger partial charge in [0.2, 0.25) is 5.91 Å². The molecule has 0 bridgehead atoms. The number of sulfone groups is 1. The molecule has 2 aromatic carbocycles. The number of rotatable bonds is 5. The van der Waals surface area contributed by atoms with Crippen molar-refractivity contribution in [2.24, 2.45) is 0 Å². The molecule has 0 spiro atoms. The molecule has 0 unspecified atom stereocenters. The Morgan fingerprint density at radius 3 is 2.46 bits per heavy atom. The Kier molecular flexibility index (Phi) is 5.32. The summed E-state index contributed by atoms with van der Waals surface area (Å²) in [5.74, 6) is 0.144. The van der Waals surface area contributed by atoms with Crippen LogP contribution in [0.4, 0.5) is 0 Å². The van der Waals surface area contributed by atoms with Gasteiger partial charge in [-0.1, -0.05) is 66.4 Å². The lowest BCUT2D eigenvalue weighted by Crippen LogP contribution is -2.36. The fourth-order valence-corrected chi connectivity index (χ4v) is 5.76. The minimum Gasteiger partial charge on any atom is -0.352 e. The highest BCUT2D eigenvalue weighted by molar-refractivity contribution is 8.00. The number of benzene rings is 2. The molecule has 1 amide bonds. The van der Waals surface area contributed by atoms with Gasteiger partial charge < -0.3 is 5.32 Å². The molecule has 0 radical (unpaired) electrons. The van der Waals surface area contributed by atoms with Crippen molar-refractivity contribution in [2.45, 2.75) is 17.5 Å². The van der Waals surface area contributed by atoms with E-state index >= 15 is 0 Å². The normalized spacial score (nSPS) is 18.2. The first-order chi connectivity index (χ1) is 13.5. The van der Waals surface area contributed by atoms with E-state index in [-0.39, 0.29) is 29.2 Å². The molecule has 28 heavy (non-hydrogen) atoms. The van der Waals surface area contributed by atoms with Crippen molar-refractivity contribution in [2.75, 3.05) is 17.3 Å². The number of hydrogen-bond acceptors (Lipinski definition) is 6. The van der Waals surface area contributed by atoms with Crippen LogP contribution in [-0.4, -0.2) is 47.8 Å². The molecule has 3 aromatic rings. The number of carbonyl (C=O) groups is 1. The van der Waals surface area contributed by atoms with Crippen LogP contribution < -0.4 is 5.32 Å². The second kappa shape index (κ2) is 7.89. The second-order valence-corrected chi connectivity index (χ2v) is 9.91. The van der Waals surface area contributed by atoms with Gasteiger partial charge in [-0.3, -0.25) is 4.79 Å². The molecule has 8 heteroatoms. The van der Waals surface area contributed by atoms with Crippen molar-refractivity contribution in [3.63, 3.8) is 0 Å². The predicted molar refractivity (Wildman–Crippen MR) is 111 cm³/mol. The molecular formula is C20H19N3O3S2. The van der Waals surface area contributed by atoms with E-state index in [1.54, 1.807) is 0 Å². The largest absolute Gasteiger partial charge is 0.352 e. The third kappa shape index (κ3) is 4.18. The monoisotopic (exact) mass is 413 g/mol. The molecule has 6 nitrogen and oxygen atoms in total. The van der Waals surface area contributed by atoms with Crippen molar-refractivity contribution in [3.8, 4) is 11.3 Å². The summed E-state index contributed by atoms with van der Waals surface area (Å²) in [6.07, 6.45) is 0.479. The lowest BCUT2D eigenvalue weighted by molar-refractivity contribution is -0.119. The number of thioether (sulfide) groups is 1. The predicted octanol–water partition coefficient (Wildman–Crippen LogP) is 2.69. The van der Waals surface area contributed by atoms with Crippen molar-refractivity contribution >= 4 is 38.3 Å². The fraction of sp³-hybridized carbons (Fsp3) is 0.250. The van der Waals surface area contributed by atoms with E-state index in [0.29, 0.717) is 11.4 Å². The van der Waals surface area contributed by atoms with Gasteiger partial charge in [-0.25, -0.2) is 8.42 Å². The minimum atomic E-state index is -3.01. The highest BCUT2D eigenvalue weighted by Crippen LogP contribution is 2.31. The molecule has 1 saturated heterocycles. The van der Waals surface area contributed by atoms with Gasteiger partial charge in [0.25, 0.3) is 0 Å². The molecule has 4 rings (SSSR count). The van der Waals surface area contributed by atoms with E-state index < -0.39 is 9.84 Å². The number of nitrogens with one attached hydrogen (secondary N) is 1. The maximum Gasteiger partial charge on any atom is 0.230 e. The fourth-order valence-electron chi connectivity index (χ4n) is 3.31. The molecule has 1 aliphatic rings. The van der Waals surface area contributed by atoms with E-state index in [1.165, 1.54) is 11.8 Å². The van der Waals surface area contributed by atoms with E-state index in [2.05, 4.69) is 15.5 Å². The summed E-state index contributed by atoms with van der Waals surface area (Å²) in [5.41, 5.74) is 1.80. The SMILES string of the molecule is O=C(CSc1nnc(-c2ccccc2)c2ccccc12)N[C@@H]1CCS(=O)(=O)C1. The van der Waals surface area contributed by atoms with Crippen LogP contribution in [0.3, 0.4) is 0 Å². The molecule has 1 aromatic heterocycles. The van der Waals surface area contributed by atoms with Gasteiger partial charge in [-0.2, -0.15) is 0 Å². The average molecular weight is 414 g/mol. The van der Waals surface area contributed by atoms with Crippen LogP contribution in [0.2, 0.25) is 0 Å². The third-order valence-electron chi connectivity index (χ3n) is 4.64. The zero-order valence-corrected chi connectivity index (χ0v) is 16.7. The molecule has 1 fully saturated rings. The summed E-state index contributed by atoms with van der Waals surface area (Å²) >= 11 is 1.31. The van der Waals surface area contributed by atoms with Crippen LogP contribution in [0.1, 0.15) is 6.42 Å². The Morgan fingerprint density at radius 2 is 1.75 bits per heavy atom. The first-order valence-electron chi connectivity index (χ1n) is 8.95. The van der Waals surface area contributed by atoms with Gasteiger partial charge in [0.15, 0.2) is 9.84 Å². The Balaban J connectivity index is 1.51. The van der Waals surface area contributed by atoms with Crippen molar-refractivity contribution in [1.82, 2.24) is 15.5 Å². The van der Waals surface area contributed by atoms with Crippen LogP contribution in [0, 0.1) is 0 Å². The molecule has 144 valence electrons. The van der Waals surface area contributed by atoms with Gasteiger partial charge in [0, 0.05) is 22.4 Å². The summed E-state index contributed by atoms with van der Waals surface area (Å²) in [4.78, 5) is 12.2. The van der Waals surface area contributed by atoms with Crippen molar-refractivity contribution < 1.29 is 13.2 Å². The topological polar surface area (TPSA) is 89.0 Å². The van der Waals surface area contributed by atoms with Crippen LogP contribution in [0.15, 0.2) is 59.6 Å². The number of nitrogens with zero attached hydrogens (tertiary/aromatic N) is 2. The Bertz CT molecular complexity index is 1120. The first kappa shape index (κ1) is 18.9. The molecule has 2 heterocycles. The third-order valence-corrected chi connectivity index (χ3v) is 7.39. The van der Waals surface area contributed by atoms with Crippen molar-refractivity contribution in [3.05, 3.63) is 54.6 Å². The zero-order chi connectivity index (χ0) is 19.6. The molecular weight excluding hydrogens is 394 g/mol. The van der Waals surface area contributed by atoms with E-state index in [0.717, 1.165) is 22.0 Å². The number of aromatic nitrogens is 2. The standard InChI is InChI=1S/C20H19N3O3S2/c24-18(21-15-10-11-28(25,26)13-15)12-27-20-17-9-5-4-8-16(17)19(22-23-20)14-6-2-1-3-7-14/h1-9,15H,10-13H2,(H,21,24)/t15-/m1/s1. The van der Waals surface area contributed by atoms with Crippen LogP contribution >= 0.6 is 11.8 Å². The molecule has 0 aliphatic carbocycles. The Hall–Kier alpha value is -2.45. The summed E-state index contributed by atoms with van der Waals surface area (Å²) in [6.45, 7) is 0. The van der Waals surface area contributed by atoms with E-state index in [4.69, 9.17) is 0 Å². The highest BCUT2D eigenvalue weighted by atomic mass is 32.2. The van der Waals surface area contributed by atoms with Crippen LogP contribution in [0.5, 0.6) is 0 Å². The van der Waals surface area contributed by atoms with Gasteiger partial charge in [0.05, 0.1) is 17.3 Å². The van der Waals surface area contributed by atoms with Gasteiger partial charge in [0.1, 0.15) is 10.7 Å². The van der Waals surface area contributed by atoms with Gasteiger partial charge in [-0.05, 0) is 6.42 Å². The minimum absolute atomic E-state index is 0.0257. The van der Waals surface area contributed by atoms with E-state index in [1.807, 2.05) is 54.6 Å². The number of fused-ring (bicyclic) bond motifs is 1. The number of hydrogen-bond donors (Lipinski definition) is 1. The summed E-state index contributed by atoms with van der Waals surface area (Å²) < 4.78 is 23.0. The van der Waals surface area contributed by atoms with Crippen molar-refractivity contribution in [1.29, 1.82) is 0 Å². The maximum atomic E-state index is 12.2. The summed E-state index contributed by atoms with van der Waals surface area (Å²) in [7, 11) is -3.01.